The molecule has 2 aromatic heterocycles. The third-order valence-electron chi connectivity index (χ3n) is 4.83. The quantitative estimate of drug-likeness (QED) is 0.674. The molecule has 8 nitrogen and oxygen atoms in total. The van der Waals surface area contributed by atoms with Gasteiger partial charge in [0.25, 0.3) is 0 Å². The van der Waals surface area contributed by atoms with Gasteiger partial charge in [0.05, 0.1) is 30.4 Å². The van der Waals surface area contributed by atoms with Gasteiger partial charge >= 0.3 is 0 Å². The van der Waals surface area contributed by atoms with Crippen molar-refractivity contribution in [1.29, 1.82) is 5.26 Å². The molecule has 0 saturated carbocycles. The molecule has 2 N–H and O–H groups in total. The van der Waals surface area contributed by atoms with Crippen LogP contribution in [0.2, 0.25) is 0 Å². The molecular weight excluding hydrogens is 361 g/mol. The minimum atomic E-state index is -1.71. The number of halogens is 1. The summed E-state index contributed by atoms with van der Waals surface area (Å²) in [6, 6.07) is 9.11. The van der Waals surface area contributed by atoms with Crippen LogP contribution in [0.3, 0.4) is 0 Å². The number of likely N-dealkylation sites (tertiary alicyclic amines) is 1. The van der Waals surface area contributed by atoms with Crippen LogP contribution in [-0.2, 0) is 4.79 Å². The molecule has 1 aliphatic heterocycles. The van der Waals surface area contributed by atoms with Crippen LogP contribution in [0, 0.1) is 11.5 Å². The van der Waals surface area contributed by atoms with Gasteiger partial charge in [-0.1, -0.05) is 18.2 Å². The number of carbonyl (C=O) groups is 1. The highest BCUT2D eigenvalue weighted by atomic mass is 19.1. The van der Waals surface area contributed by atoms with Crippen LogP contribution < -0.4 is 5.32 Å². The SMILES string of the molecule is N#CN1CCC[C@](F)(CC(=O)Nc2ccc(-c3cccc4cn[nH]c34)nn2)C1. The summed E-state index contributed by atoms with van der Waals surface area (Å²) in [5, 5.41) is 27.7. The Balaban J connectivity index is 1.44. The summed E-state index contributed by atoms with van der Waals surface area (Å²) in [5.41, 5.74) is 0.628. The number of nitrogens with zero attached hydrogens (tertiary/aromatic N) is 5. The first kappa shape index (κ1) is 17.9. The number of nitrogens with one attached hydrogen (secondary N) is 2. The molecule has 0 spiro atoms. The predicted octanol–water partition coefficient (Wildman–Crippen LogP) is 2.63. The molecule has 1 amide bonds. The number of hydrogen-bond acceptors (Lipinski definition) is 6. The maximum Gasteiger partial charge on any atom is 0.228 e. The Morgan fingerprint density at radius 3 is 3.04 bits per heavy atom. The van der Waals surface area contributed by atoms with Gasteiger partial charge in [-0.05, 0) is 25.0 Å². The van der Waals surface area contributed by atoms with Crippen LogP contribution >= 0.6 is 0 Å². The summed E-state index contributed by atoms with van der Waals surface area (Å²) < 4.78 is 14.9. The summed E-state index contributed by atoms with van der Waals surface area (Å²) in [6.07, 6.45) is 4.17. The van der Waals surface area contributed by atoms with Crippen molar-refractivity contribution in [3.63, 3.8) is 0 Å². The van der Waals surface area contributed by atoms with E-state index in [0.717, 1.165) is 16.5 Å². The molecule has 28 heavy (non-hydrogen) atoms. The van der Waals surface area contributed by atoms with E-state index in [1.54, 1.807) is 18.3 Å². The fraction of sp³-hybridized carbons (Fsp3) is 0.316. The van der Waals surface area contributed by atoms with Gasteiger partial charge < -0.3 is 10.2 Å². The van der Waals surface area contributed by atoms with E-state index in [9.17, 15) is 9.18 Å². The van der Waals surface area contributed by atoms with Crippen LogP contribution in [0.4, 0.5) is 10.2 Å². The molecule has 0 radical (unpaired) electrons. The zero-order valence-electron chi connectivity index (χ0n) is 15.0. The normalized spacial score (nSPS) is 19.4. The molecule has 1 atom stereocenters. The van der Waals surface area contributed by atoms with Crippen LogP contribution in [0.1, 0.15) is 19.3 Å². The lowest BCUT2D eigenvalue weighted by atomic mass is 9.91. The van der Waals surface area contributed by atoms with Crippen molar-refractivity contribution in [2.24, 2.45) is 0 Å². The van der Waals surface area contributed by atoms with Crippen molar-refractivity contribution >= 4 is 22.6 Å². The Hall–Kier alpha value is -3.54. The number of aromatic nitrogens is 4. The topological polar surface area (TPSA) is 111 Å². The molecule has 1 aromatic carbocycles. The van der Waals surface area contributed by atoms with E-state index in [4.69, 9.17) is 5.26 Å². The molecule has 142 valence electrons. The van der Waals surface area contributed by atoms with Gasteiger partial charge in [-0.3, -0.25) is 9.89 Å². The molecule has 0 unspecified atom stereocenters. The van der Waals surface area contributed by atoms with Crippen molar-refractivity contribution in [2.75, 3.05) is 18.4 Å². The van der Waals surface area contributed by atoms with Gasteiger partial charge in [-0.25, -0.2) is 4.39 Å². The molecule has 4 rings (SSSR count). The number of alkyl halides is 1. The second kappa shape index (κ2) is 7.23. The molecule has 3 heterocycles. The van der Waals surface area contributed by atoms with E-state index in [1.165, 1.54) is 4.90 Å². The minimum Gasteiger partial charge on any atom is -0.309 e. The maximum atomic E-state index is 14.9. The molecule has 1 saturated heterocycles. The number of carbonyl (C=O) groups excluding carboxylic acids is 1. The number of amides is 1. The number of rotatable bonds is 4. The van der Waals surface area contributed by atoms with Crippen molar-refractivity contribution in [3.8, 4) is 17.5 Å². The minimum absolute atomic E-state index is 0.0598. The number of benzene rings is 1. The Bertz CT molecular complexity index is 1040. The average Bonchev–Trinajstić information content (AvgIpc) is 3.17. The van der Waals surface area contributed by atoms with E-state index in [-0.39, 0.29) is 25.2 Å². The Labute approximate surface area is 160 Å². The maximum absolute atomic E-state index is 14.9. The standard InChI is InChI=1S/C19H18FN7O/c20-19(7-2-8-27(11-19)12-21)9-17(28)23-16-6-5-15(24-25-16)14-4-1-3-13-10-22-26-18(13)14/h1,3-6,10H,2,7-9,11H2,(H,22,26)(H,23,25,28)/t19-/m0/s1. The lowest BCUT2D eigenvalue weighted by Gasteiger charge is -2.33. The summed E-state index contributed by atoms with van der Waals surface area (Å²) in [4.78, 5) is 13.6. The predicted molar refractivity (Wildman–Crippen MR) is 101 cm³/mol. The summed E-state index contributed by atoms with van der Waals surface area (Å²) in [5.74, 6) is -0.234. The second-order valence-corrected chi connectivity index (χ2v) is 6.94. The zero-order valence-corrected chi connectivity index (χ0v) is 15.0. The van der Waals surface area contributed by atoms with Crippen LogP contribution in [0.5, 0.6) is 0 Å². The Kier molecular flexibility index (Phi) is 4.61. The van der Waals surface area contributed by atoms with Gasteiger partial charge in [0, 0.05) is 17.5 Å². The number of H-pyrrole nitrogens is 1. The van der Waals surface area contributed by atoms with E-state index in [0.29, 0.717) is 18.7 Å². The van der Waals surface area contributed by atoms with E-state index < -0.39 is 11.6 Å². The lowest BCUT2D eigenvalue weighted by Crippen LogP contribution is -2.45. The van der Waals surface area contributed by atoms with Crippen LogP contribution in [-0.4, -0.2) is 50.0 Å². The number of aromatic amines is 1. The third-order valence-corrected chi connectivity index (χ3v) is 4.83. The van der Waals surface area contributed by atoms with E-state index in [1.807, 2.05) is 24.4 Å². The highest BCUT2D eigenvalue weighted by molar-refractivity contribution is 5.93. The number of fused-ring (bicyclic) bond motifs is 1. The lowest BCUT2D eigenvalue weighted by molar-refractivity contribution is -0.119. The highest BCUT2D eigenvalue weighted by Gasteiger charge is 2.37. The average molecular weight is 379 g/mol. The van der Waals surface area contributed by atoms with Crippen molar-refractivity contribution in [3.05, 3.63) is 36.5 Å². The summed E-state index contributed by atoms with van der Waals surface area (Å²) in [7, 11) is 0. The van der Waals surface area contributed by atoms with Crippen LogP contribution in [0.15, 0.2) is 36.5 Å². The van der Waals surface area contributed by atoms with E-state index >= 15 is 0 Å². The van der Waals surface area contributed by atoms with Crippen LogP contribution in [0.25, 0.3) is 22.2 Å². The molecule has 0 aliphatic carbocycles. The first-order valence-corrected chi connectivity index (χ1v) is 8.96. The summed E-state index contributed by atoms with van der Waals surface area (Å²) in [6.45, 7) is 0.468. The largest absolute Gasteiger partial charge is 0.309 e. The molecule has 3 aromatic rings. The zero-order chi connectivity index (χ0) is 19.6. The molecule has 1 aliphatic rings. The number of hydrogen-bond donors (Lipinski definition) is 2. The second-order valence-electron chi connectivity index (χ2n) is 6.94. The molecule has 0 bridgehead atoms. The summed E-state index contributed by atoms with van der Waals surface area (Å²) >= 11 is 0. The van der Waals surface area contributed by atoms with Gasteiger partial charge in [-0.15, -0.1) is 10.2 Å². The van der Waals surface area contributed by atoms with Gasteiger partial charge in [-0.2, -0.15) is 10.4 Å². The first-order chi connectivity index (χ1) is 13.6. The molecule has 1 fully saturated rings. The number of anilines is 1. The Morgan fingerprint density at radius 1 is 1.36 bits per heavy atom. The van der Waals surface area contributed by atoms with E-state index in [2.05, 4.69) is 25.7 Å². The van der Waals surface area contributed by atoms with Gasteiger partial charge in [0.2, 0.25) is 5.91 Å². The fourth-order valence-electron chi connectivity index (χ4n) is 3.52. The number of para-hydroxylation sites is 1. The Morgan fingerprint density at radius 2 is 2.25 bits per heavy atom. The molecular formula is C19H18FN7O. The number of nitriles is 1. The number of piperidine rings is 1. The van der Waals surface area contributed by atoms with Gasteiger partial charge in [0.1, 0.15) is 5.67 Å². The van der Waals surface area contributed by atoms with Crippen molar-refractivity contribution in [2.45, 2.75) is 24.9 Å². The molecule has 9 heteroatoms. The highest BCUT2D eigenvalue weighted by Crippen LogP contribution is 2.29. The van der Waals surface area contributed by atoms with Crippen molar-refractivity contribution < 1.29 is 9.18 Å². The third kappa shape index (κ3) is 3.62. The first-order valence-electron chi connectivity index (χ1n) is 8.96. The monoisotopic (exact) mass is 379 g/mol. The smallest absolute Gasteiger partial charge is 0.228 e. The fourth-order valence-corrected chi connectivity index (χ4v) is 3.52. The van der Waals surface area contributed by atoms with Crippen molar-refractivity contribution in [1.82, 2.24) is 25.3 Å². The van der Waals surface area contributed by atoms with Gasteiger partial charge in [0.15, 0.2) is 12.0 Å².